The van der Waals surface area contributed by atoms with Crippen molar-refractivity contribution in [3.05, 3.63) is 11.6 Å². The standard InChI is InChI=1S/C9H12ClNO3S/c1-6(12)5-8-11(3-4-15-8)9(13)14-7(2)10/h3-4,7-8H,5H2,1-2H3. The van der Waals surface area contributed by atoms with Crippen molar-refractivity contribution in [3.8, 4) is 0 Å². The fourth-order valence-corrected chi connectivity index (χ4v) is 2.20. The molecule has 84 valence electrons. The third-order valence-electron chi connectivity index (χ3n) is 1.70. The van der Waals surface area contributed by atoms with Gasteiger partial charge in [0.25, 0.3) is 0 Å². The zero-order chi connectivity index (χ0) is 11.4. The summed E-state index contributed by atoms with van der Waals surface area (Å²) in [4.78, 5) is 23.8. The fourth-order valence-electron chi connectivity index (χ4n) is 1.12. The van der Waals surface area contributed by atoms with Crippen molar-refractivity contribution in [2.24, 2.45) is 0 Å². The number of thioether (sulfide) groups is 1. The van der Waals surface area contributed by atoms with Gasteiger partial charge >= 0.3 is 6.09 Å². The third-order valence-corrected chi connectivity index (χ3v) is 2.78. The maximum Gasteiger partial charge on any atom is 0.416 e. The Hall–Kier alpha value is -0.680. The smallest absolute Gasteiger partial charge is 0.416 e. The predicted octanol–water partition coefficient (Wildman–Crippen LogP) is 2.53. The Morgan fingerprint density at radius 2 is 2.33 bits per heavy atom. The number of ether oxygens (including phenoxy) is 1. The second-order valence-corrected chi connectivity index (χ2v) is 4.82. The van der Waals surface area contributed by atoms with Crippen LogP contribution in [0.5, 0.6) is 0 Å². The zero-order valence-electron chi connectivity index (χ0n) is 8.47. The molecule has 0 radical (unpaired) electrons. The van der Waals surface area contributed by atoms with Crippen LogP contribution in [-0.2, 0) is 9.53 Å². The van der Waals surface area contributed by atoms with Gasteiger partial charge < -0.3 is 4.74 Å². The van der Waals surface area contributed by atoms with Gasteiger partial charge in [-0.05, 0) is 19.3 Å². The van der Waals surface area contributed by atoms with Crippen LogP contribution in [0.4, 0.5) is 4.79 Å². The molecule has 1 heterocycles. The Balaban J connectivity index is 2.55. The van der Waals surface area contributed by atoms with Gasteiger partial charge in [0.15, 0.2) is 5.56 Å². The molecule has 0 fully saturated rings. The fraction of sp³-hybridized carbons (Fsp3) is 0.556. The number of ketones is 1. The first-order chi connectivity index (χ1) is 7.00. The molecule has 15 heavy (non-hydrogen) atoms. The summed E-state index contributed by atoms with van der Waals surface area (Å²) in [6.07, 6.45) is 1.38. The van der Waals surface area contributed by atoms with E-state index in [0.29, 0.717) is 6.42 Å². The van der Waals surface area contributed by atoms with Crippen LogP contribution in [0.25, 0.3) is 0 Å². The molecular weight excluding hydrogens is 238 g/mol. The molecule has 6 heteroatoms. The average Bonchev–Trinajstić information content (AvgIpc) is 2.49. The molecule has 1 rings (SSSR count). The highest BCUT2D eigenvalue weighted by molar-refractivity contribution is 8.02. The lowest BCUT2D eigenvalue weighted by molar-refractivity contribution is -0.117. The number of carbonyl (C=O) groups excluding carboxylic acids is 2. The number of rotatable bonds is 3. The van der Waals surface area contributed by atoms with Crippen molar-refractivity contribution >= 4 is 35.2 Å². The predicted molar refractivity (Wildman–Crippen MR) is 59.5 cm³/mol. The molecule has 0 N–H and O–H groups in total. The molecule has 0 spiro atoms. The summed E-state index contributed by atoms with van der Waals surface area (Å²) >= 11 is 6.95. The topological polar surface area (TPSA) is 46.6 Å². The number of hydrogen-bond donors (Lipinski definition) is 0. The molecule has 1 aliphatic rings. The molecule has 2 unspecified atom stereocenters. The number of amides is 1. The Bertz CT molecular complexity index is 293. The van der Waals surface area contributed by atoms with Crippen LogP contribution in [-0.4, -0.2) is 27.7 Å². The van der Waals surface area contributed by atoms with Crippen LogP contribution in [0.15, 0.2) is 11.6 Å². The van der Waals surface area contributed by atoms with Gasteiger partial charge in [0.05, 0.1) is 5.37 Å². The van der Waals surface area contributed by atoms with Gasteiger partial charge in [0.2, 0.25) is 0 Å². The van der Waals surface area contributed by atoms with Crippen LogP contribution in [0.1, 0.15) is 20.3 Å². The highest BCUT2D eigenvalue weighted by Crippen LogP contribution is 2.28. The lowest BCUT2D eigenvalue weighted by atomic mass is 10.3. The van der Waals surface area contributed by atoms with Gasteiger partial charge in [-0.2, -0.15) is 0 Å². The minimum Gasteiger partial charge on any atom is -0.430 e. The van der Waals surface area contributed by atoms with Crippen molar-refractivity contribution in [2.75, 3.05) is 0 Å². The Labute approximate surface area is 97.6 Å². The third kappa shape index (κ3) is 3.76. The summed E-state index contributed by atoms with van der Waals surface area (Å²) in [5, 5.41) is 1.55. The SMILES string of the molecule is CC(=O)CC1SC=CN1C(=O)OC(C)Cl. The first-order valence-electron chi connectivity index (χ1n) is 4.45. The van der Waals surface area contributed by atoms with Crippen LogP contribution in [0.3, 0.4) is 0 Å². The van der Waals surface area contributed by atoms with Gasteiger partial charge in [0.1, 0.15) is 5.78 Å². The highest BCUT2D eigenvalue weighted by atomic mass is 35.5. The normalized spacial score (nSPS) is 21.5. The lowest BCUT2D eigenvalue weighted by Crippen LogP contribution is -2.34. The van der Waals surface area contributed by atoms with E-state index in [0.717, 1.165) is 0 Å². The minimum absolute atomic E-state index is 0.0351. The van der Waals surface area contributed by atoms with Crippen molar-refractivity contribution in [2.45, 2.75) is 31.2 Å². The highest BCUT2D eigenvalue weighted by Gasteiger charge is 2.28. The molecule has 0 aromatic rings. The summed E-state index contributed by atoms with van der Waals surface area (Å²) in [5.74, 6) is 0.0351. The first kappa shape index (κ1) is 12.4. The van der Waals surface area contributed by atoms with E-state index in [-0.39, 0.29) is 11.2 Å². The molecule has 1 aliphatic heterocycles. The Morgan fingerprint density at radius 3 is 2.87 bits per heavy atom. The molecule has 0 aromatic carbocycles. The van der Waals surface area contributed by atoms with E-state index in [1.54, 1.807) is 18.5 Å². The van der Waals surface area contributed by atoms with Gasteiger partial charge in [-0.15, -0.1) is 11.8 Å². The molecule has 0 aliphatic carbocycles. The maximum absolute atomic E-state index is 11.5. The number of Topliss-reactive ketones (excluding diaryl/α,β-unsaturated/α-hetero) is 1. The van der Waals surface area contributed by atoms with Crippen molar-refractivity contribution in [1.29, 1.82) is 0 Å². The van der Waals surface area contributed by atoms with Crippen LogP contribution < -0.4 is 0 Å². The number of nitrogens with zero attached hydrogens (tertiary/aromatic N) is 1. The molecule has 2 atom stereocenters. The van der Waals surface area contributed by atoms with E-state index >= 15 is 0 Å². The van der Waals surface area contributed by atoms with E-state index in [2.05, 4.69) is 0 Å². The van der Waals surface area contributed by atoms with E-state index in [1.165, 1.54) is 23.6 Å². The largest absolute Gasteiger partial charge is 0.430 e. The molecule has 0 aromatic heterocycles. The number of carbonyl (C=O) groups is 2. The van der Waals surface area contributed by atoms with Gasteiger partial charge in [-0.1, -0.05) is 11.6 Å². The molecule has 0 saturated heterocycles. The molecule has 0 saturated carbocycles. The summed E-state index contributed by atoms with van der Waals surface area (Å²) in [6, 6.07) is 0. The van der Waals surface area contributed by atoms with Crippen LogP contribution in [0.2, 0.25) is 0 Å². The molecule has 0 bridgehead atoms. The summed E-state index contributed by atoms with van der Waals surface area (Å²) in [6.45, 7) is 3.05. The second kappa shape index (κ2) is 5.42. The number of halogens is 1. The monoisotopic (exact) mass is 249 g/mol. The summed E-state index contributed by atoms with van der Waals surface area (Å²) in [5.41, 5.74) is -0.672. The zero-order valence-corrected chi connectivity index (χ0v) is 10.0. The van der Waals surface area contributed by atoms with E-state index in [1.807, 2.05) is 0 Å². The Morgan fingerprint density at radius 1 is 1.67 bits per heavy atom. The van der Waals surface area contributed by atoms with E-state index in [4.69, 9.17) is 16.3 Å². The summed E-state index contributed by atoms with van der Waals surface area (Å²) in [7, 11) is 0. The van der Waals surface area contributed by atoms with Gasteiger partial charge in [-0.3, -0.25) is 9.69 Å². The van der Waals surface area contributed by atoms with Crippen molar-refractivity contribution < 1.29 is 14.3 Å². The lowest BCUT2D eigenvalue weighted by Gasteiger charge is -2.21. The van der Waals surface area contributed by atoms with Crippen LogP contribution >= 0.6 is 23.4 Å². The van der Waals surface area contributed by atoms with Crippen molar-refractivity contribution in [1.82, 2.24) is 4.90 Å². The molecular formula is C9H12ClNO3S. The number of alkyl halides is 1. The minimum atomic E-state index is -0.672. The Kier molecular flexibility index (Phi) is 4.47. The van der Waals surface area contributed by atoms with Gasteiger partial charge in [-0.25, -0.2) is 4.79 Å². The number of hydrogen-bond acceptors (Lipinski definition) is 4. The summed E-state index contributed by atoms with van der Waals surface area (Å²) < 4.78 is 4.82. The van der Waals surface area contributed by atoms with Crippen molar-refractivity contribution in [3.63, 3.8) is 0 Å². The first-order valence-corrected chi connectivity index (χ1v) is 5.83. The van der Waals surface area contributed by atoms with E-state index in [9.17, 15) is 9.59 Å². The van der Waals surface area contributed by atoms with Gasteiger partial charge in [0, 0.05) is 12.6 Å². The molecule has 4 nitrogen and oxygen atoms in total. The second-order valence-electron chi connectivity index (χ2n) is 3.12. The quantitative estimate of drug-likeness (QED) is 0.721. The van der Waals surface area contributed by atoms with E-state index < -0.39 is 11.7 Å². The average molecular weight is 250 g/mol. The molecule has 1 amide bonds. The van der Waals surface area contributed by atoms with Crippen LogP contribution in [0, 0.1) is 0 Å². The maximum atomic E-state index is 11.5.